The van der Waals surface area contributed by atoms with Crippen LogP contribution in [0.2, 0.25) is 0 Å². The van der Waals surface area contributed by atoms with Crippen LogP contribution in [0.25, 0.3) is 21.7 Å². The van der Waals surface area contributed by atoms with Crippen LogP contribution in [0, 0.1) is 25.2 Å². The SMILES string of the molecule is CCn1c(-c2sc(C)nc2C)nc2cc(C#N)ccc21. The maximum absolute atomic E-state index is 9.00. The van der Waals surface area contributed by atoms with Crippen LogP contribution < -0.4 is 0 Å². The van der Waals surface area contributed by atoms with Crippen LogP contribution in [-0.2, 0) is 6.54 Å². The van der Waals surface area contributed by atoms with Crippen molar-refractivity contribution in [3.05, 3.63) is 34.5 Å². The second-order valence-electron chi connectivity index (χ2n) is 4.64. The van der Waals surface area contributed by atoms with Gasteiger partial charge in [-0.1, -0.05) is 0 Å². The molecule has 20 heavy (non-hydrogen) atoms. The molecule has 1 aromatic carbocycles. The number of thiazole rings is 1. The summed E-state index contributed by atoms with van der Waals surface area (Å²) in [7, 11) is 0. The first kappa shape index (κ1) is 12.8. The normalized spacial score (nSPS) is 10.9. The molecular formula is C15H14N4S. The Balaban J connectivity index is 2.30. The van der Waals surface area contributed by atoms with E-state index in [0.29, 0.717) is 5.56 Å². The zero-order valence-corrected chi connectivity index (χ0v) is 12.5. The van der Waals surface area contributed by atoms with Crippen molar-refractivity contribution in [3.8, 4) is 16.8 Å². The first-order valence-electron chi connectivity index (χ1n) is 6.48. The van der Waals surface area contributed by atoms with Gasteiger partial charge in [-0.05, 0) is 39.0 Å². The summed E-state index contributed by atoms with van der Waals surface area (Å²) < 4.78 is 2.18. The zero-order chi connectivity index (χ0) is 14.3. The lowest BCUT2D eigenvalue weighted by atomic mass is 10.2. The molecular weight excluding hydrogens is 268 g/mol. The first-order valence-corrected chi connectivity index (χ1v) is 7.30. The topological polar surface area (TPSA) is 54.5 Å². The van der Waals surface area contributed by atoms with Crippen LogP contribution in [0.4, 0.5) is 0 Å². The molecule has 3 aromatic rings. The predicted molar refractivity (Wildman–Crippen MR) is 80.7 cm³/mol. The van der Waals surface area contributed by atoms with Gasteiger partial charge in [0.2, 0.25) is 0 Å². The number of aromatic nitrogens is 3. The highest BCUT2D eigenvalue weighted by Crippen LogP contribution is 2.32. The van der Waals surface area contributed by atoms with E-state index in [9.17, 15) is 0 Å². The quantitative estimate of drug-likeness (QED) is 0.720. The molecule has 2 heterocycles. The summed E-state index contributed by atoms with van der Waals surface area (Å²) in [5.74, 6) is 0.945. The molecule has 0 saturated carbocycles. The number of aryl methyl sites for hydroxylation is 3. The van der Waals surface area contributed by atoms with E-state index in [1.54, 1.807) is 11.3 Å². The average molecular weight is 282 g/mol. The van der Waals surface area contributed by atoms with Gasteiger partial charge in [0.1, 0.15) is 0 Å². The van der Waals surface area contributed by atoms with E-state index in [4.69, 9.17) is 10.2 Å². The summed E-state index contributed by atoms with van der Waals surface area (Å²) in [6, 6.07) is 7.81. The zero-order valence-electron chi connectivity index (χ0n) is 11.6. The third-order valence-electron chi connectivity index (χ3n) is 3.30. The third kappa shape index (κ3) is 1.89. The van der Waals surface area contributed by atoms with Crippen LogP contribution >= 0.6 is 11.3 Å². The molecule has 5 heteroatoms. The highest BCUT2D eigenvalue weighted by molar-refractivity contribution is 7.15. The second-order valence-corrected chi connectivity index (χ2v) is 5.85. The number of hydrogen-bond donors (Lipinski definition) is 0. The molecule has 0 saturated heterocycles. The Bertz CT molecular complexity index is 836. The number of imidazole rings is 1. The third-order valence-corrected chi connectivity index (χ3v) is 4.37. The lowest BCUT2D eigenvalue weighted by molar-refractivity contribution is 0.797. The minimum Gasteiger partial charge on any atom is -0.324 e. The molecule has 0 spiro atoms. The van der Waals surface area contributed by atoms with Crippen molar-refractivity contribution in [1.82, 2.24) is 14.5 Å². The summed E-state index contributed by atoms with van der Waals surface area (Å²) in [5, 5.41) is 10.0. The number of rotatable bonds is 2. The van der Waals surface area contributed by atoms with Crippen molar-refractivity contribution in [2.75, 3.05) is 0 Å². The highest BCUT2D eigenvalue weighted by Gasteiger charge is 2.16. The summed E-state index contributed by atoms with van der Waals surface area (Å²) in [5.41, 5.74) is 3.58. The number of nitrogens with zero attached hydrogens (tertiary/aromatic N) is 4. The molecule has 0 amide bonds. The molecule has 2 aromatic heterocycles. The summed E-state index contributed by atoms with van der Waals surface area (Å²) in [6.45, 7) is 6.97. The maximum atomic E-state index is 9.00. The fraction of sp³-hybridized carbons (Fsp3) is 0.267. The van der Waals surface area contributed by atoms with E-state index in [1.807, 2.05) is 32.0 Å². The van der Waals surface area contributed by atoms with Gasteiger partial charge < -0.3 is 4.57 Å². The van der Waals surface area contributed by atoms with E-state index in [1.165, 1.54) is 0 Å². The predicted octanol–water partition coefficient (Wildman–Crippen LogP) is 3.67. The Hall–Kier alpha value is -2.19. The molecule has 0 radical (unpaired) electrons. The number of benzene rings is 1. The van der Waals surface area contributed by atoms with E-state index >= 15 is 0 Å². The van der Waals surface area contributed by atoms with E-state index in [-0.39, 0.29) is 0 Å². The Labute approximate surface area is 121 Å². The van der Waals surface area contributed by atoms with Crippen LogP contribution in [0.15, 0.2) is 18.2 Å². The monoisotopic (exact) mass is 282 g/mol. The van der Waals surface area contributed by atoms with Gasteiger partial charge in [-0.2, -0.15) is 5.26 Å². The molecule has 0 atom stereocenters. The number of nitriles is 1. The Morgan fingerprint density at radius 3 is 2.70 bits per heavy atom. The molecule has 0 aliphatic heterocycles. The van der Waals surface area contributed by atoms with Crippen molar-refractivity contribution in [2.45, 2.75) is 27.3 Å². The van der Waals surface area contributed by atoms with Crippen LogP contribution in [-0.4, -0.2) is 14.5 Å². The minimum absolute atomic E-state index is 0.641. The molecule has 0 aliphatic carbocycles. The lowest BCUT2D eigenvalue weighted by Crippen LogP contribution is -1.97. The molecule has 0 fully saturated rings. The standard InChI is InChI=1S/C15H14N4S/c1-4-19-13-6-5-11(8-16)7-12(13)18-15(19)14-9(2)17-10(3)20-14/h5-7H,4H2,1-3H3. The first-order chi connectivity index (χ1) is 9.63. The van der Waals surface area contributed by atoms with E-state index < -0.39 is 0 Å². The minimum atomic E-state index is 0.641. The smallest absolute Gasteiger partial charge is 0.153 e. The molecule has 0 unspecified atom stereocenters. The fourth-order valence-corrected chi connectivity index (χ4v) is 3.35. The van der Waals surface area contributed by atoms with E-state index in [2.05, 4.69) is 22.5 Å². The van der Waals surface area contributed by atoms with E-state index in [0.717, 1.165) is 39.0 Å². The summed E-state index contributed by atoms with van der Waals surface area (Å²) in [6.07, 6.45) is 0. The van der Waals surface area contributed by atoms with Crippen molar-refractivity contribution in [1.29, 1.82) is 5.26 Å². The van der Waals surface area contributed by atoms with Gasteiger partial charge in [0.05, 0.1) is 38.2 Å². The highest BCUT2D eigenvalue weighted by atomic mass is 32.1. The average Bonchev–Trinajstić information content (AvgIpc) is 2.96. The summed E-state index contributed by atoms with van der Waals surface area (Å²) in [4.78, 5) is 10.3. The maximum Gasteiger partial charge on any atom is 0.153 e. The lowest BCUT2D eigenvalue weighted by Gasteiger charge is -2.04. The van der Waals surface area contributed by atoms with Gasteiger partial charge in [0.15, 0.2) is 5.82 Å². The largest absolute Gasteiger partial charge is 0.324 e. The Kier molecular flexibility index (Phi) is 3.03. The van der Waals surface area contributed by atoms with Gasteiger partial charge in [0.25, 0.3) is 0 Å². The van der Waals surface area contributed by atoms with Crippen LogP contribution in [0.1, 0.15) is 23.2 Å². The van der Waals surface area contributed by atoms with Crippen molar-refractivity contribution >= 4 is 22.4 Å². The molecule has 3 rings (SSSR count). The van der Waals surface area contributed by atoms with Gasteiger partial charge in [-0.25, -0.2) is 9.97 Å². The Morgan fingerprint density at radius 2 is 2.10 bits per heavy atom. The van der Waals surface area contributed by atoms with Gasteiger partial charge in [0, 0.05) is 6.54 Å². The van der Waals surface area contributed by atoms with Crippen molar-refractivity contribution < 1.29 is 0 Å². The molecule has 0 aliphatic rings. The molecule has 0 bridgehead atoms. The van der Waals surface area contributed by atoms with Crippen molar-refractivity contribution in [2.24, 2.45) is 0 Å². The van der Waals surface area contributed by atoms with Crippen molar-refractivity contribution in [3.63, 3.8) is 0 Å². The van der Waals surface area contributed by atoms with Gasteiger partial charge in [-0.3, -0.25) is 0 Å². The Morgan fingerprint density at radius 1 is 1.30 bits per heavy atom. The number of hydrogen-bond acceptors (Lipinski definition) is 4. The van der Waals surface area contributed by atoms with Crippen LogP contribution in [0.5, 0.6) is 0 Å². The second kappa shape index (κ2) is 4.73. The molecule has 0 N–H and O–H groups in total. The number of fused-ring (bicyclic) bond motifs is 1. The van der Waals surface area contributed by atoms with Gasteiger partial charge >= 0.3 is 0 Å². The van der Waals surface area contributed by atoms with Crippen LogP contribution in [0.3, 0.4) is 0 Å². The molecule has 100 valence electrons. The molecule has 4 nitrogen and oxygen atoms in total. The van der Waals surface area contributed by atoms with Gasteiger partial charge in [-0.15, -0.1) is 11.3 Å². The fourth-order valence-electron chi connectivity index (χ4n) is 2.43. The summed E-state index contributed by atoms with van der Waals surface area (Å²) >= 11 is 1.66.